The lowest BCUT2D eigenvalue weighted by Gasteiger charge is -2.02. The maximum absolute atomic E-state index is 4.74. The zero-order valence-corrected chi connectivity index (χ0v) is 17.3. The maximum Gasteiger partial charge on any atom is 0.235 e. The summed E-state index contributed by atoms with van der Waals surface area (Å²) in [5, 5.41) is 23.5. The molecular weight excluding hydrogens is 360 g/mol. The third-order valence-corrected chi connectivity index (χ3v) is 5.42. The van der Waals surface area contributed by atoms with Gasteiger partial charge in [-0.3, -0.25) is 9.36 Å². The second-order valence-corrected chi connectivity index (χ2v) is 8.56. The number of aromatic nitrogens is 8. The topological polar surface area (TPSA) is 78.7 Å². The number of rotatable bonds is 5. The Morgan fingerprint density at radius 2 is 1.74 bits per heavy atom. The Balaban J connectivity index is 1.75. The molecule has 0 atom stereocenters. The summed E-state index contributed by atoms with van der Waals surface area (Å²) >= 11 is 1.50. The molecule has 0 aliphatic rings. The van der Waals surface area contributed by atoms with Crippen molar-refractivity contribution in [2.24, 2.45) is 20.0 Å². The van der Waals surface area contributed by atoms with Crippen LogP contribution in [0.3, 0.4) is 0 Å². The minimum atomic E-state index is 0.409. The number of nitrogens with zero attached hydrogens (tertiary/aromatic N) is 8. The Morgan fingerprint density at radius 1 is 0.963 bits per heavy atom. The Labute approximate surface area is 161 Å². The van der Waals surface area contributed by atoms with Crippen molar-refractivity contribution >= 4 is 16.3 Å². The zero-order chi connectivity index (χ0) is 19.3. The molecule has 4 aromatic rings. The van der Waals surface area contributed by atoms with Crippen molar-refractivity contribution in [3.63, 3.8) is 0 Å². The van der Waals surface area contributed by atoms with Gasteiger partial charge in [0, 0.05) is 19.8 Å². The molecule has 0 aliphatic heterocycles. The van der Waals surface area contributed by atoms with Gasteiger partial charge in [-0.2, -0.15) is 19.8 Å². The highest BCUT2D eigenvalue weighted by molar-refractivity contribution is 7.19. The first-order valence-electron chi connectivity index (χ1n) is 9.13. The molecular formula is C18H24N8S. The van der Waals surface area contributed by atoms with Gasteiger partial charge in [0.2, 0.25) is 10.8 Å². The first kappa shape index (κ1) is 17.8. The van der Waals surface area contributed by atoms with Gasteiger partial charge in [0.25, 0.3) is 0 Å². The fourth-order valence-electron chi connectivity index (χ4n) is 3.26. The predicted molar refractivity (Wildman–Crippen MR) is 106 cm³/mol. The summed E-state index contributed by atoms with van der Waals surface area (Å²) in [5.74, 6) is 1.67. The van der Waals surface area contributed by atoms with Crippen LogP contribution in [0.1, 0.15) is 45.0 Å². The molecule has 0 radical (unpaired) electrons. The van der Waals surface area contributed by atoms with Gasteiger partial charge in [0.05, 0.1) is 5.69 Å². The summed E-state index contributed by atoms with van der Waals surface area (Å²) in [5.41, 5.74) is 4.02. The highest BCUT2D eigenvalue weighted by Crippen LogP contribution is 2.29. The summed E-state index contributed by atoms with van der Waals surface area (Å²) in [7, 11) is 3.90. The fraction of sp³-hybridized carbons (Fsp3) is 0.500. The molecule has 27 heavy (non-hydrogen) atoms. The van der Waals surface area contributed by atoms with E-state index in [-0.39, 0.29) is 0 Å². The molecule has 9 heteroatoms. The van der Waals surface area contributed by atoms with Gasteiger partial charge in [0.15, 0.2) is 5.01 Å². The van der Waals surface area contributed by atoms with E-state index in [1.54, 1.807) is 4.52 Å². The molecule has 0 saturated carbocycles. The molecule has 0 unspecified atom stereocenters. The van der Waals surface area contributed by atoms with Gasteiger partial charge in [-0.25, -0.2) is 0 Å². The van der Waals surface area contributed by atoms with Gasteiger partial charge in [-0.05, 0) is 30.4 Å². The predicted octanol–water partition coefficient (Wildman–Crippen LogP) is 3.31. The highest BCUT2D eigenvalue weighted by atomic mass is 32.1. The summed E-state index contributed by atoms with van der Waals surface area (Å²) in [6, 6.07) is 4.17. The van der Waals surface area contributed by atoms with Gasteiger partial charge in [-0.1, -0.05) is 39.0 Å². The van der Waals surface area contributed by atoms with Crippen LogP contribution in [0.2, 0.25) is 0 Å². The minimum Gasteiger partial charge on any atom is -0.272 e. The van der Waals surface area contributed by atoms with E-state index in [0.717, 1.165) is 33.5 Å². The van der Waals surface area contributed by atoms with Crippen LogP contribution in [-0.2, 0) is 20.5 Å². The average Bonchev–Trinajstić information content (AvgIpc) is 3.29. The molecule has 142 valence electrons. The number of aryl methyl sites for hydroxylation is 2. The Hall–Kier alpha value is -2.55. The fourth-order valence-corrected chi connectivity index (χ4v) is 4.06. The minimum absolute atomic E-state index is 0.409. The monoisotopic (exact) mass is 384 g/mol. The molecule has 4 heterocycles. The molecule has 0 spiro atoms. The summed E-state index contributed by atoms with van der Waals surface area (Å²) in [6.07, 6.45) is 0.935. The normalized spacial score (nSPS) is 12.1. The van der Waals surface area contributed by atoms with Crippen LogP contribution in [-0.4, -0.2) is 39.4 Å². The van der Waals surface area contributed by atoms with Crippen molar-refractivity contribution in [1.82, 2.24) is 39.4 Å². The Morgan fingerprint density at radius 3 is 2.41 bits per heavy atom. The molecule has 0 fully saturated rings. The van der Waals surface area contributed by atoms with Crippen molar-refractivity contribution in [2.75, 3.05) is 0 Å². The first-order valence-corrected chi connectivity index (χ1v) is 9.95. The lowest BCUT2D eigenvalue weighted by molar-refractivity contribution is 0.621. The van der Waals surface area contributed by atoms with E-state index in [9.17, 15) is 0 Å². The Bertz CT molecular complexity index is 1090. The van der Waals surface area contributed by atoms with Crippen molar-refractivity contribution < 1.29 is 0 Å². The largest absolute Gasteiger partial charge is 0.272 e. The van der Waals surface area contributed by atoms with E-state index in [1.165, 1.54) is 17.0 Å². The standard InChI is InChI=1S/C18H24N8S/c1-10(2)7-12-8-15(25(6)21-12)16-19-20-18-26(16)23-17(27-18)13-9-14(11(3)4)24(5)22-13/h8-11H,7H2,1-6H3. The zero-order valence-electron chi connectivity index (χ0n) is 16.5. The van der Waals surface area contributed by atoms with Crippen molar-refractivity contribution in [1.29, 1.82) is 0 Å². The quantitative estimate of drug-likeness (QED) is 0.527. The highest BCUT2D eigenvalue weighted by Gasteiger charge is 2.20. The lowest BCUT2D eigenvalue weighted by atomic mass is 10.1. The third kappa shape index (κ3) is 3.16. The Kier molecular flexibility index (Phi) is 4.33. The summed E-state index contributed by atoms with van der Waals surface area (Å²) in [4.78, 5) is 0.753. The van der Waals surface area contributed by atoms with Crippen molar-refractivity contribution in [3.05, 3.63) is 23.5 Å². The molecule has 0 aliphatic carbocycles. The second kappa shape index (κ2) is 6.56. The molecule has 8 nitrogen and oxygen atoms in total. The third-order valence-electron chi connectivity index (χ3n) is 4.49. The van der Waals surface area contributed by atoms with Gasteiger partial charge >= 0.3 is 0 Å². The average molecular weight is 385 g/mol. The molecule has 0 saturated heterocycles. The molecule has 0 amide bonds. The van der Waals surface area contributed by atoms with Crippen LogP contribution in [0.25, 0.3) is 27.2 Å². The number of hydrogen-bond donors (Lipinski definition) is 0. The molecule has 0 aromatic carbocycles. The number of fused-ring (bicyclic) bond motifs is 1. The van der Waals surface area contributed by atoms with Crippen molar-refractivity contribution in [2.45, 2.75) is 40.0 Å². The van der Waals surface area contributed by atoms with E-state index in [4.69, 9.17) is 5.10 Å². The van der Waals surface area contributed by atoms with E-state index in [1.807, 2.05) is 23.5 Å². The first-order chi connectivity index (χ1) is 12.8. The maximum atomic E-state index is 4.74. The van der Waals surface area contributed by atoms with Crippen LogP contribution in [0.5, 0.6) is 0 Å². The van der Waals surface area contributed by atoms with Gasteiger partial charge < -0.3 is 0 Å². The summed E-state index contributed by atoms with van der Waals surface area (Å²) in [6.45, 7) is 8.70. The van der Waals surface area contributed by atoms with Gasteiger partial charge in [0.1, 0.15) is 11.4 Å². The SMILES string of the molecule is CC(C)Cc1cc(-c2nnc3sc(-c4cc(C(C)C)n(C)n4)nn23)n(C)n1. The molecule has 0 N–H and O–H groups in total. The lowest BCUT2D eigenvalue weighted by Crippen LogP contribution is -2.00. The van der Waals surface area contributed by atoms with E-state index in [2.05, 4.69) is 60.2 Å². The van der Waals surface area contributed by atoms with E-state index < -0.39 is 0 Å². The summed E-state index contributed by atoms with van der Waals surface area (Å²) < 4.78 is 5.56. The molecule has 0 bridgehead atoms. The van der Waals surface area contributed by atoms with Crippen LogP contribution in [0, 0.1) is 5.92 Å². The van der Waals surface area contributed by atoms with Crippen LogP contribution >= 0.6 is 11.3 Å². The smallest absolute Gasteiger partial charge is 0.235 e. The van der Waals surface area contributed by atoms with Crippen LogP contribution in [0.4, 0.5) is 0 Å². The number of hydrogen-bond acceptors (Lipinski definition) is 6. The van der Waals surface area contributed by atoms with Crippen LogP contribution < -0.4 is 0 Å². The van der Waals surface area contributed by atoms with E-state index >= 15 is 0 Å². The molecule has 4 aromatic heterocycles. The second-order valence-electron chi connectivity index (χ2n) is 7.60. The van der Waals surface area contributed by atoms with Gasteiger partial charge in [-0.15, -0.1) is 10.2 Å². The van der Waals surface area contributed by atoms with Crippen LogP contribution in [0.15, 0.2) is 12.1 Å². The van der Waals surface area contributed by atoms with E-state index in [0.29, 0.717) is 17.7 Å². The molecule has 4 rings (SSSR count). The van der Waals surface area contributed by atoms with Crippen molar-refractivity contribution in [3.8, 4) is 22.2 Å².